The van der Waals surface area contributed by atoms with Gasteiger partial charge in [0.2, 0.25) is 5.91 Å². The van der Waals surface area contributed by atoms with E-state index in [-0.39, 0.29) is 23.7 Å². The predicted molar refractivity (Wildman–Crippen MR) is 99.7 cm³/mol. The number of hydrogen-bond donors (Lipinski definition) is 1. The molecular formula is C21H30N2O3. The van der Waals surface area contributed by atoms with Gasteiger partial charge in [-0.15, -0.1) is 0 Å². The fourth-order valence-electron chi connectivity index (χ4n) is 4.73. The van der Waals surface area contributed by atoms with Crippen molar-refractivity contribution in [1.82, 2.24) is 9.80 Å². The molecule has 5 nitrogen and oxygen atoms in total. The summed E-state index contributed by atoms with van der Waals surface area (Å²) in [4.78, 5) is 16.6. The zero-order valence-corrected chi connectivity index (χ0v) is 15.5. The molecular weight excluding hydrogens is 328 g/mol. The lowest BCUT2D eigenvalue weighted by molar-refractivity contribution is -0.184. The monoisotopic (exact) mass is 358 g/mol. The van der Waals surface area contributed by atoms with Gasteiger partial charge < -0.3 is 14.7 Å². The number of aliphatic hydroxyl groups excluding tert-OH is 1. The van der Waals surface area contributed by atoms with E-state index in [1.165, 1.54) is 0 Å². The van der Waals surface area contributed by atoms with Crippen molar-refractivity contribution in [2.24, 2.45) is 0 Å². The highest BCUT2D eigenvalue weighted by molar-refractivity contribution is 5.78. The molecule has 0 aromatic heterocycles. The zero-order valence-electron chi connectivity index (χ0n) is 15.5. The fourth-order valence-corrected chi connectivity index (χ4v) is 4.73. The molecule has 142 valence electrons. The predicted octanol–water partition coefficient (Wildman–Crippen LogP) is 2.36. The van der Waals surface area contributed by atoms with Crippen molar-refractivity contribution in [2.45, 2.75) is 56.3 Å². The number of carbonyl (C=O) groups is 1. The van der Waals surface area contributed by atoms with Crippen molar-refractivity contribution in [3.8, 4) is 0 Å². The van der Waals surface area contributed by atoms with Gasteiger partial charge in [0.1, 0.15) is 0 Å². The highest BCUT2D eigenvalue weighted by Gasteiger charge is 2.43. The van der Waals surface area contributed by atoms with Crippen molar-refractivity contribution < 1.29 is 14.6 Å². The van der Waals surface area contributed by atoms with Crippen molar-refractivity contribution >= 4 is 5.91 Å². The molecule has 3 saturated heterocycles. The number of aliphatic hydroxyl groups is 1. The summed E-state index contributed by atoms with van der Waals surface area (Å²) in [6.45, 7) is 4.11. The summed E-state index contributed by atoms with van der Waals surface area (Å²) >= 11 is 0. The minimum Gasteiger partial charge on any atom is -0.393 e. The Hall–Kier alpha value is -1.43. The van der Waals surface area contributed by atoms with Gasteiger partial charge in [0.25, 0.3) is 0 Å². The lowest BCUT2D eigenvalue weighted by Crippen LogP contribution is -2.52. The Bertz CT molecular complexity index is 607. The largest absolute Gasteiger partial charge is 0.393 e. The van der Waals surface area contributed by atoms with Gasteiger partial charge in [0, 0.05) is 39.0 Å². The number of nitrogens with zero attached hydrogens (tertiary/aromatic N) is 2. The normalized spacial score (nSPS) is 29.2. The van der Waals surface area contributed by atoms with Crippen LogP contribution in [0.15, 0.2) is 30.3 Å². The molecule has 1 amide bonds. The average Bonchev–Trinajstić information content (AvgIpc) is 3.19. The van der Waals surface area contributed by atoms with E-state index in [0.717, 1.165) is 57.4 Å². The second-order valence-corrected chi connectivity index (χ2v) is 8.16. The van der Waals surface area contributed by atoms with Crippen LogP contribution in [-0.4, -0.2) is 65.2 Å². The van der Waals surface area contributed by atoms with E-state index in [1.54, 1.807) is 0 Å². The Morgan fingerprint density at radius 3 is 2.50 bits per heavy atom. The van der Waals surface area contributed by atoms with E-state index in [4.69, 9.17) is 4.74 Å². The first-order valence-electron chi connectivity index (χ1n) is 10.0. The lowest BCUT2D eigenvalue weighted by Gasteiger charge is -2.48. The van der Waals surface area contributed by atoms with Gasteiger partial charge in [-0.2, -0.15) is 0 Å². The summed E-state index contributed by atoms with van der Waals surface area (Å²) in [5.41, 5.74) is 0.906. The minimum atomic E-state index is -0.313. The van der Waals surface area contributed by atoms with Gasteiger partial charge in [0.05, 0.1) is 24.4 Å². The summed E-state index contributed by atoms with van der Waals surface area (Å²) in [7, 11) is 0. The van der Waals surface area contributed by atoms with E-state index in [1.807, 2.05) is 23.1 Å². The summed E-state index contributed by atoms with van der Waals surface area (Å²) in [6, 6.07) is 10.2. The summed E-state index contributed by atoms with van der Waals surface area (Å²) in [5, 5.41) is 10.5. The third kappa shape index (κ3) is 3.95. The van der Waals surface area contributed by atoms with Crippen molar-refractivity contribution in [1.29, 1.82) is 0 Å². The van der Waals surface area contributed by atoms with Crippen LogP contribution < -0.4 is 0 Å². The summed E-state index contributed by atoms with van der Waals surface area (Å²) in [5.74, 6) is 0.269. The topological polar surface area (TPSA) is 53.0 Å². The second kappa shape index (κ2) is 7.67. The Labute approximate surface area is 155 Å². The maximum atomic E-state index is 12.4. The Morgan fingerprint density at radius 1 is 1.12 bits per heavy atom. The number of benzene rings is 1. The molecule has 1 aromatic carbocycles. The van der Waals surface area contributed by atoms with E-state index in [0.29, 0.717) is 19.4 Å². The molecule has 3 fully saturated rings. The fraction of sp³-hybridized carbons (Fsp3) is 0.667. The molecule has 2 atom stereocenters. The highest BCUT2D eigenvalue weighted by Crippen LogP contribution is 2.42. The molecule has 3 aliphatic heterocycles. The first kappa shape index (κ1) is 18.0. The van der Waals surface area contributed by atoms with Crippen LogP contribution in [0.1, 0.15) is 50.2 Å². The molecule has 26 heavy (non-hydrogen) atoms. The number of ether oxygens (including phenoxy) is 1. The summed E-state index contributed by atoms with van der Waals surface area (Å²) < 4.78 is 6.54. The van der Waals surface area contributed by atoms with Crippen LogP contribution in [0, 0.1) is 0 Å². The SMILES string of the molecule is O=C(CN1CCC2(CC1)C[C@H](O)C[C@H](c1ccccc1)O2)N1CCCC1. The van der Waals surface area contributed by atoms with Gasteiger partial charge >= 0.3 is 0 Å². The minimum absolute atomic E-state index is 0.0299. The molecule has 1 N–H and O–H groups in total. The molecule has 3 heterocycles. The van der Waals surface area contributed by atoms with Gasteiger partial charge in [-0.3, -0.25) is 9.69 Å². The van der Waals surface area contributed by atoms with Crippen LogP contribution in [-0.2, 0) is 9.53 Å². The molecule has 0 unspecified atom stereocenters. The van der Waals surface area contributed by atoms with Crippen LogP contribution in [0.5, 0.6) is 0 Å². The first-order valence-corrected chi connectivity index (χ1v) is 10.0. The third-order valence-electron chi connectivity index (χ3n) is 6.24. The Morgan fingerprint density at radius 2 is 1.81 bits per heavy atom. The number of carbonyl (C=O) groups excluding carboxylic acids is 1. The van der Waals surface area contributed by atoms with Crippen molar-refractivity contribution in [3.05, 3.63) is 35.9 Å². The van der Waals surface area contributed by atoms with Gasteiger partial charge in [-0.25, -0.2) is 0 Å². The van der Waals surface area contributed by atoms with Crippen LogP contribution in [0.3, 0.4) is 0 Å². The number of amides is 1. The zero-order chi connectivity index (χ0) is 18.0. The Balaban J connectivity index is 1.35. The second-order valence-electron chi connectivity index (χ2n) is 8.16. The van der Waals surface area contributed by atoms with E-state index < -0.39 is 0 Å². The molecule has 3 aliphatic rings. The quantitative estimate of drug-likeness (QED) is 0.901. The first-order chi connectivity index (χ1) is 12.6. The molecule has 5 heteroatoms. The standard InChI is InChI=1S/C21H30N2O3/c24-18-14-19(17-6-2-1-3-7-17)26-21(15-18)8-12-22(13-9-21)16-20(25)23-10-4-5-11-23/h1-3,6-7,18-19,24H,4-5,8-16H2/t18-,19-/m1/s1. The number of piperidine rings is 1. The number of rotatable bonds is 3. The van der Waals surface area contributed by atoms with Gasteiger partial charge in [0.15, 0.2) is 0 Å². The van der Waals surface area contributed by atoms with Gasteiger partial charge in [-0.1, -0.05) is 30.3 Å². The van der Waals surface area contributed by atoms with Crippen molar-refractivity contribution in [3.63, 3.8) is 0 Å². The van der Waals surface area contributed by atoms with Crippen LogP contribution in [0.25, 0.3) is 0 Å². The number of likely N-dealkylation sites (tertiary alicyclic amines) is 2. The van der Waals surface area contributed by atoms with E-state index >= 15 is 0 Å². The van der Waals surface area contributed by atoms with Crippen LogP contribution in [0.2, 0.25) is 0 Å². The molecule has 0 bridgehead atoms. The lowest BCUT2D eigenvalue weighted by atomic mass is 9.81. The van der Waals surface area contributed by atoms with E-state index in [9.17, 15) is 9.90 Å². The Kier molecular flexibility index (Phi) is 5.30. The summed E-state index contributed by atoms with van der Waals surface area (Å²) in [6.07, 6.45) is 5.10. The third-order valence-corrected chi connectivity index (χ3v) is 6.24. The average molecular weight is 358 g/mol. The maximum Gasteiger partial charge on any atom is 0.236 e. The van der Waals surface area contributed by atoms with Gasteiger partial charge in [-0.05, 0) is 31.2 Å². The highest BCUT2D eigenvalue weighted by atomic mass is 16.5. The smallest absolute Gasteiger partial charge is 0.236 e. The van der Waals surface area contributed by atoms with Crippen LogP contribution in [0.4, 0.5) is 0 Å². The molecule has 0 saturated carbocycles. The molecule has 1 spiro atoms. The maximum absolute atomic E-state index is 12.4. The van der Waals surface area contributed by atoms with Crippen molar-refractivity contribution in [2.75, 3.05) is 32.7 Å². The van der Waals surface area contributed by atoms with E-state index in [2.05, 4.69) is 17.0 Å². The van der Waals surface area contributed by atoms with Crippen LogP contribution >= 0.6 is 0 Å². The number of hydrogen-bond acceptors (Lipinski definition) is 4. The molecule has 4 rings (SSSR count). The molecule has 1 aromatic rings. The molecule has 0 radical (unpaired) electrons. The molecule has 0 aliphatic carbocycles.